The lowest BCUT2D eigenvalue weighted by molar-refractivity contribution is 0.0313. The molecule has 116 valence electrons. The van der Waals surface area contributed by atoms with Crippen LogP contribution in [0, 0.1) is 0 Å². The predicted molar refractivity (Wildman–Crippen MR) is 80.1 cm³/mol. The largest absolute Gasteiger partial charge is 0.376 e. The average Bonchev–Trinajstić information content (AvgIpc) is 2.53. The van der Waals surface area contributed by atoms with Gasteiger partial charge in [-0.05, 0) is 37.8 Å². The lowest BCUT2D eigenvalue weighted by atomic mass is 9.94. The van der Waals surface area contributed by atoms with Crippen molar-refractivity contribution in [2.75, 3.05) is 25.5 Å². The summed E-state index contributed by atoms with van der Waals surface area (Å²) in [7, 11) is 1.56. The number of carbonyl (C=O) groups is 1. The minimum absolute atomic E-state index is 0.243. The third kappa shape index (κ3) is 4.95. The van der Waals surface area contributed by atoms with Crippen LogP contribution in [0.15, 0.2) is 12.1 Å². The number of aromatic nitrogens is 2. The summed E-state index contributed by atoms with van der Waals surface area (Å²) < 4.78 is 5.80. The summed E-state index contributed by atoms with van der Waals surface area (Å²) in [5.41, 5.74) is 6.16. The molecule has 1 saturated carbocycles. The highest BCUT2D eigenvalue weighted by atomic mass is 16.5. The summed E-state index contributed by atoms with van der Waals surface area (Å²) in [6.07, 6.45) is 4.51. The Morgan fingerprint density at radius 3 is 2.71 bits per heavy atom. The maximum Gasteiger partial charge on any atom is 0.271 e. The van der Waals surface area contributed by atoms with E-state index in [0.717, 1.165) is 25.7 Å². The zero-order valence-electron chi connectivity index (χ0n) is 12.3. The zero-order valence-corrected chi connectivity index (χ0v) is 12.3. The van der Waals surface area contributed by atoms with Gasteiger partial charge in [0.05, 0.1) is 12.7 Å². The van der Waals surface area contributed by atoms with Gasteiger partial charge in [0.1, 0.15) is 5.82 Å². The van der Waals surface area contributed by atoms with Gasteiger partial charge in [-0.1, -0.05) is 0 Å². The smallest absolute Gasteiger partial charge is 0.271 e. The minimum Gasteiger partial charge on any atom is -0.376 e. The summed E-state index contributed by atoms with van der Waals surface area (Å²) >= 11 is 0. The molecule has 0 unspecified atom stereocenters. The first-order chi connectivity index (χ1) is 10.2. The number of amides is 1. The number of anilines is 1. The van der Waals surface area contributed by atoms with Crippen molar-refractivity contribution >= 4 is 11.7 Å². The van der Waals surface area contributed by atoms with Crippen molar-refractivity contribution in [1.82, 2.24) is 15.5 Å². The molecule has 1 aliphatic rings. The van der Waals surface area contributed by atoms with Crippen molar-refractivity contribution in [1.29, 1.82) is 0 Å². The Bertz CT molecular complexity index is 443. The molecule has 0 spiro atoms. The van der Waals surface area contributed by atoms with E-state index in [2.05, 4.69) is 20.8 Å². The van der Waals surface area contributed by atoms with Crippen LogP contribution in [-0.4, -0.2) is 48.4 Å². The van der Waals surface area contributed by atoms with Crippen LogP contribution in [0.2, 0.25) is 0 Å². The Morgan fingerprint density at radius 2 is 2.10 bits per heavy atom. The molecule has 1 fully saturated rings. The highest BCUT2D eigenvalue weighted by Crippen LogP contribution is 2.19. The molecule has 0 aliphatic heterocycles. The fourth-order valence-electron chi connectivity index (χ4n) is 2.34. The molecule has 7 nitrogen and oxygen atoms in total. The molecule has 1 aliphatic carbocycles. The molecule has 0 aromatic carbocycles. The third-order valence-corrected chi connectivity index (χ3v) is 3.60. The van der Waals surface area contributed by atoms with Crippen LogP contribution in [0.5, 0.6) is 0 Å². The van der Waals surface area contributed by atoms with Crippen LogP contribution < -0.4 is 16.4 Å². The maximum atomic E-state index is 11.3. The number of carbonyl (C=O) groups excluding carboxylic acids is 1. The van der Waals surface area contributed by atoms with Gasteiger partial charge in [-0.3, -0.25) is 4.79 Å². The van der Waals surface area contributed by atoms with Crippen LogP contribution in [0.1, 0.15) is 36.2 Å². The number of ether oxygens (including phenoxy) is 1. The summed E-state index contributed by atoms with van der Waals surface area (Å²) in [6.45, 7) is 1.29. The molecule has 1 amide bonds. The number of nitrogens with one attached hydrogen (secondary N) is 2. The number of nitrogens with zero attached hydrogens (tertiary/aromatic N) is 2. The second-order valence-electron chi connectivity index (χ2n) is 5.22. The van der Waals surface area contributed by atoms with Gasteiger partial charge in [0, 0.05) is 19.6 Å². The van der Waals surface area contributed by atoms with Crippen molar-refractivity contribution in [3.8, 4) is 0 Å². The molecule has 0 bridgehead atoms. The molecule has 0 radical (unpaired) electrons. The first-order valence-electron chi connectivity index (χ1n) is 7.36. The number of nitrogens with two attached hydrogens (primary N) is 1. The van der Waals surface area contributed by atoms with Gasteiger partial charge < -0.3 is 21.1 Å². The first kappa shape index (κ1) is 15.7. The number of hydrogen-bond acceptors (Lipinski definition) is 6. The van der Waals surface area contributed by atoms with Gasteiger partial charge in [-0.25, -0.2) is 0 Å². The predicted octanol–water partition coefficient (Wildman–Crippen LogP) is 0.535. The fraction of sp³-hybridized carbons (Fsp3) is 0.643. The monoisotopic (exact) mass is 293 g/mol. The molecule has 2 rings (SSSR count). The summed E-state index contributed by atoms with van der Waals surface area (Å²) in [5.74, 6) is 0.393. The second-order valence-corrected chi connectivity index (χ2v) is 5.22. The SMILES string of the molecule is CNC(=O)c1ccc(NCCOC2CCC(N)CC2)nn1. The Morgan fingerprint density at radius 1 is 1.33 bits per heavy atom. The van der Waals surface area contributed by atoms with Crippen molar-refractivity contribution in [3.63, 3.8) is 0 Å². The van der Waals surface area contributed by atoms with Crippen molar-refractivity contribution in [2.24, 2.45) is 5.73 Å². The quantitative estimate of drug-likeness (QED) is 0.661. The highest BCUT2D eigenvalue weighted by Gasteiger charge is 2.18. The van der Waals surface area contributed by atoms with Gasteiger partial charge in [0.15, 0.2) is 5.69 Å². The molecular formula is C14H23N5O2. The number of rotatable bonds is 6. The molecule has 7 heteroatoms. The minimum atomic E-state index is -0.243. The molecule has 4 N–H and O–H groups in total. The number of hydrogen-bond donors (Lipinski definition) is 3. The Balaban J connectivity index is 1.65. The second kappa shape index (κ2) is 7.90. The van der Waals surface area contributed by atoms with E-state index in [4.69, 9.17) is 10.5 Å². The van der Waals surface area contributed by atoms with E-state index in [0.29, 0.717) is 36.8 Å². The molecule has 0 saturated heterocycles. The third-order valence-electron chi connectivity index (χ3n) is 3.60. The standard InChI is InChI=1S/C14H23N5O2/c1-16-14(20)12-6-7-13(19-18-12)17-8-9-21-11-4-2-10(15)3-5-11/h6-7,10-11H,2-5,8-9,15H2,1H3,(H,16,20)(H,17,19). The van der Waals surface area contributed by atoms with Gasteiger partial charge in [0.2, 0.25) is 0 Å². The maximum absolute atomic E-state index is 11.3. The van der Waals surface area contributed by atoms with E-state index in [1.165, 1.54) is 0 Å². The molecule has 1 aromatic heterocycles. The topological polar surface area (TPSA) is 102 Å². The summed E-state index contributed by atoms with van der Waals surface area (Å²) in [4.78, 5) is 11.3. The van der Waals surface area contributed by atoms with Gasteiger partial charge >= 0.3 is 0 Å². The summed E-state index contributed by atoms with van der Waals surface area (Å²) in [5, 5.41) is 13.4. The molecular weight excluding hydrogens is 270 g/mol. The lowest BCUT2D eigenvalue weighted by Crippen LogP contribution is -2.31. The molecule has 21 heavy (non-hydrogen) atoms. The van der Waals surface area contributed by atoms with Crippen LogP contribution in [-0.2, 0) is 4.74 Å². The zero-order chi connectivity index (χ0) is 15.1. The van der Waals surface area contributed by atoms with Crippen LogP contribution in [0.3, 0.4) is 0 Å². The van der Waals surface area contributed by atoms with E-state index in [1.807, 2.05) is 0 Å². The van der Waals surface area contributed by atoms with E-state index >= 15 is 0 Å². The van der Waals surface area contributed by atoms with E-state index < -0.39 is 0 Å². The average molecular weight is 293 g/mol. The molecule has 0 atom stereocenters. The first-order valence-corrected chi connectivity index (χ1v) is 7.36. The Kier molecular flexibility index (Phi) is 5.89. The van der Waals surface area contributed by atoms with Crippen molar-refractivity contribution in [3.05, 3.63) is 17.8 Å². The van der Waals surface area contributed by atoms with Crippen LogP contribution >= 0.6 is 0 Å². The Labute approximate surface area is 124 Å². The van der Waals surface area contributed by atoms with Crippen LogP contribution in [0.25, 0.3) is 0 Å². The van der Waals surface area contributed by atoms with E-state index in [-0.39, 0.29) is 5.91 Å². The van der Waals surface area contributed by atoms with Crippen molar-refractivity contribution < 1.29 is 9.53 Å². The Hall–Kier alpha value is -1.73. The summed E-state index contributed by atoms with van der Waals surface area (Å²) in [6, 6.07) is 3.71. The van der Waals surface area contributed by atoms with E-state index in [9.17, 15) is 4.79 Å². The van der Waals surface area contributed by atoms with Gasteiger partial charge in [0.25, 0.3) is 5.91 Å². The van der Waals surface area contributed by atoms with Crippen LogP contribution in [0.4, 0.5) is 5.82 Å². The van der Waals surface area contributed by atoms with Gasteiger partial charge in [-0.2, -0.15) is 0 Å². The lowest BCUT2D eigenvalue weighted by Gasteiger charge is -2.26. The molecule has 1 aromatic rings. The normalized spacial score (nSPS) is 21.8. The molecule has 1 heterocycles. The highest BCUT2D eigenvalue weighted by molar-refractivity contribution is 5.91. The fourth-order valence-corrected chi connectivity index (χ4v) is 2.34. The van der Waals surface area contributed by atoms with E-state index in [1.54, 1.807) is 19.2 Å². The van der Waals surface area contributed by atoms with Gasteiger partial charge in [-0.15, -0.1) is 10.2 Å². The van der Waals surface area contributed by atoms with Crippen molar-refractivity contribution in [2.45, 2.75) is 37.8 Å².